The summed E-state index contributed by atoms with van der Waals surface area (Å²) >= 11 is 1.83. The summed E-state index contributed by atoms with van der Waals surface area (Å²) in [6.07, 6.45) is 0. The summed E-state index contributed by atoms with van der Waals surface area (Å²) in [5, 5.41) is 4.57. The minimum atomic E-state index is 0.0993. The Bertz CT molecular complexity index is 424. The lowest BCUT2D eigenvalue weighted by molar-refractivity contribution is 0.418. The molecule has 4 heteroatoms. The molecular formula is C16H31N3S. The van der Waals surface area contributed by atoms with Gasteiger partial charge in [-0.05, 0) is 12.0 Å². The summed E-state index contributed by atoms with van der Waals surface area (Å²) in [5.74, 6) is 0. The van der Waals surface area contributed by atoms with E-state index >= 15 is 0 Å². The molecule has 3 nitrogen and oxygen atoms in total. The van der Waals surface area contributed by atoms with Crippen LogP contribution in [0.3, 0.4) is 0 Å². The van der Waals surface area contributed by atoms with Gasteiger partial charge >= 0.3 is 0 Å². The average molecular weight is 298 g/mol. The van der Waals surface area contributed by atoms with Gasteiger partial charge in [-0.2, -0.15) is 0 Å². The van der Waals surface area contributed by atoms with Crippen LogP contribution < -0.4 is 10.2 Å². The summed E-state index contributed by atoms with van der Waals surface area (Å²) < 4.78 is 0. The molecule has 0 radical (unpaired) electrons. The molecule has 0 aliphatic rings. The Morgan fingerprint density at radius 3 is 2.20 bits per heavy atom. The number of anilines is 1. The highest BCUT2D eigenvalue weighted by molar-refractivity contribution is 7.15. The van der Waals surface area contributed by atoms with Crippen LogP contribution in [0.1, 0.15) is 59.0 Å². The summed E-state index contributed by atoms with van der Waals surface area (Å²) in [6, 6.07) is 0. The van der Waals surface area contributed by atoms with E-state index in [1.807, 2.05) is 11.3 Å². The van der Waals surface area contributed by atoms with Crippen molar-refractivity contribution in [3.8, 4) is 0 Å². The van der Waals surface area contributed by atoms with Crippen LogP contribution in [0.2, 0.25) is 0 Å². The van der Waals surface area contributed by atoms with Crippen molar-refractivity contribution < 1.29 is 0 Å². The van der Waals surface area contributed by atoms with E-state index in [0.717, 1.165) is 24.8 Å². The first-order valence-electron chi connectivity index (χ1n) is 7.46. The van der Waals surface area contributed by atoms with E-state index in [0.29, 0.717) is 0 Å². The highest BCUT2D eigenvalue weighted by Gasteiger charge is 2.25. The highest BCUT2D eigenvalue weighted by Crippen LogP contribution is 2.34. The maximum absolute atomic E-state index is 4.92. The van der Waals surface area contributed by atoms with E-state index in [1.165, 1.54) is 10.6 Å². The normalized spacial score (nSPS) is 12.8. The molecule has 0 atom stereocenters. The minimum Gasteiger partial charge on any atom is -0.351 e. The van der Waals surface area contributed by atoms with Crippen molar-refractivity contribution in [2.75, 3.05) is 25.0 Å². The number of hydrogen-bond donors (Lipinski definition) is 1. The predicted octanol–water partition coefficient (Wildman–Crippen LogP) is 4.03. The quantitative estimate of drug-likeness (QED) is 0.889. The molecule has 20 heavy (non-hydrogen) atoms. The van der Waals surface area contributed by atoms with E-state index in [1.54, 1.807) is 0 Å². The molecule has 1 N–H and O–H groups in total. The van der Waals surface area contributed by atoms with Gasteiger partial charge < -0.3 is 10.2 Å². The molecule has 0 spiro atoms. The molecule has 0 amide bonds. The van der Waals surface area contributed by atoms with Gasteiger partial charge in [0.15, 0.2) is 5.13 Å². The van der Waals surface area contributed by atoms with Crippen LogP contribution in [0.15, 0.2) is 0 Å². The van der Waals surface area contributed by atoms with E-state index < -0.39 is 0 Å². The SMILES string of the molecule is CCNCc1sc(N(C)CC(C)(C)C)nc1C(C)(C)C. The average Bonchev–Trinajstić information content (AvgIpc) is 2.67. The lowest BCUT2D eigenvalue weighted by atomic mass is 9.91. The Balaban J connectivity index is 3.02. The Hall–Kier alpha value is -0.610. The first kappa shape index (κ1) is 17.4. The van der Waals surface area contributed by atoms with Gasteiger partial charge in [-0.25, -0.2) is 4.98 Å². The Labute approximate surface area is 128 Å². The van der Waals surface area contributed by atoms with Crippen LogP contribution in [0.25, 0.3) is 0 Å². The Morgan fingerprint density at radius 2 is 1.75 bits per heavy atom. The summed E-state index contributed by atoms with van der Waals surface area (Å²) in [5.41, 5.74) is 1.62. The van der Waals surface area contributed by atoms with Crippen LogP contribution >= 0.6 is 11.3 Å². The third kappa shape index (κ3) is 5.06. The molecule has 1 rings (SSSR count). The number of nitrogens with zero attached hydrogens (tertiary/aromatic N) is 2. The topological polar surface area (TPSA) is 28.2 Å². The van der Waals surface area contributed by atoms with E-state index in [-0.39, 0.29) is 10.8 Å². The first-order chi connectivity index (χ1) is 9.04. The fourth-order valence-corrected chi connectivity index (χ4v) is 3.43. The molecule has 0 fully saturated rings. The third-order valence-electron chi connectivity index (χ3n) is 2.97. The van der Waals surface area contributed by atoms with Crippen molar-refractivity contribution in [3.05, 3.63) is 10.6 Å². The van der Waals surface area contributed by atoms with Gasteiger partial charge in [-0.1, -0.05) is 48.5 Å². The molecule has 116 valence electrons. The van der Waals surface area contributed by atoms with E-state index in [9.17, 15) is 0 Å². The zero-order valence-corrected chi connectivity index (χ0v) is 15.2. The Morgan fingerprint density at radius 1 is 1.15 bits per heavy atom. The fourth-order valence-electron chi connectivity index (χ4n) is 2.23. The largest absolute Gasteiger partial charge is 0.351 e. The van der Waals surface area contributed by atoms with E-state index in [4.69, 9.17) is 4.98 Å². The second kappa shape index (κ2) is 6.44. The smallest absolute Gasteiger partial charge is 0.185 e. The van der Waals surface area contributed by atoms with Gasteiger partial charge in [-0.15, -0.1) is 11.3 Å². The van der Waals surface area contributed by atoms with Crippen LogP contribution in [0.5, 0.6) is 0 Å². The maximum atomic E-state index is 4.92. The zero-order chi connectivity index (χ0) is 15.6. The number of thiazole rings is 1. The van der Waals surface area contributed by atoms with E-state index in [2.05, 4.69) is 65.7 Å². The molecular weight excluding hydrogens is 266 g/mol. The monoisotopic (exact) mass is 297 g/mol. The van der Waals surface area contributed by atoms with Crippen molar-refractivity contribution in [2.45, 2.75) is 60.4 Å². The van der Waals surface area contributed by atoms with Crippen molar-refractivity contribution in [1.29, 1.82) is 0 Å². The predicted molar refractivity (Wildman–Crippen MR) is 90.9 cm³/mol. The summed E-state index contributed by atoms with van der Waals surface area (Å²) in [6.45, 7) is 18.6. The van der Waals surface area contributed by atoms with Crippen LogP contribution in [-0.4, -0.2) is 25.1 Å². The first-order valence-corrected chi connectivity index (χ1v) is 8.28. The second-order valence-corrected chi connectivity index (χ2v) is 8.78. The van der Waals surface area contributed by atoms with Crippen molar-refractivity contribution >= 4 is 16.5 Å². The van der Waals surface area contributed by atoms with Crippen LogP contribution in [0.4, 0.5) is 5.13 Å². The van der Waals surface area contributed by atoms with Crippen molar-refractivity contribution in [1.82, 2.24) is 10.3 Å². The molecule has 0 aromatic carbocycles. The number of hydrogen-bond acceptors (Lipinski definition) is 4. The molecule has 1 aromatic rings. The Kier molecular flexibility index (Phi) is 5.61. The van der Waals surface area contributed by atoms with Gasteiger partial charge in [0.1, 0.15) is 0 Å². The lowest BCUT2D eigenvalue weighted by Crippen LogP contribution is -2.29. The zero-order valence-electron chi connectivity index (χ0n) is 14.4. The number of aromatic nitrogens is 1. The van der Waals surface area contributed by atoms with Gasteiger partial charge in [-0.3, -0.25) is 0 Å². The highest BCUT2D eigenvalue weighted by atomic mass is 32.1. The van der Waals surface area contributed by atoms with Gasteiger partial charge in [0.25, 0.3) is 0 Å². The number of rotatable bonds is 5. The molecule has 0 saturated heterocycles. The minimum absolute atomic E-state index is 0.0993. The molecule has 1 heterocycles. The van der Waals surface area contributed by atoms with Crippen LogP contribution in [-0.2, 0) is 12.0 Å². The molecule has 0 aliphatic heterocycles. The molecule has 0 aliphatic carbocycles. The molecule has 0 bridgehead atoms. The standard InChI is InChI=1S/C16H31N3S/c1-9-17-10-12-13(16(5,6)7)18-14(20-12)19(8)11-15(2,3)4/h17H,9-11H2,1-8H3. The van der Waals surface area contributed by atoms with Gasteiger partial charge in [0.05, 0.1) is 5.69 Å². The number of nitrogens with one attached hydrogen (secondary N) is 1. The van der Waals surface area contributed by atoms with Crippen molar-refractivity contribution in [3.63, 3.8) is 0 Å². The summed E-state index contributed by atoms with van der Waals surface area (Å²) in [4.78, 5) is 8.58. The van der Waals surface area contributed by atoms with Crippen molar-refractivity contribution in [2.24, 2.45) is 5.41 Å². The fraction of sp³-hybridized carbons (Fsp3) is 0.812. The molecule has 0 unspecified atom stereocenters. The van der Waals surface area contributed by atoms with Gasteiger partial charge in [0.2, 0.25) is 0 Å². The molecule has 0 saturated carbocycles. The summed E-state index contributed by atoms with van der Waals surface area (Å²) in [7, 11) is 2.15. The van der Waals surface area contributed by atoms with Crippen LogP contribution in [0, 0.1) is 5.41 Å². The second-order valence-electron chi connectivity index (χ2n) is 7.72. The lowest BCUT2D eigenvalue weighted by Gasteiger charge is -2.26. The molecule has 1 aromatic heterocycles. The maximum Gasteiger partial charge on any atom is 0.185 e. The third-order valence-corrected chi connectivity index (χ3v) is 4.14. The van der Waals surface area contributed by atoms with Gasteiger partial charge in [0, 0.05) is 30.4 Å².